The Morgan fingerprint density at radius 2 is 2.07 bits per heavy atom. The van der Waals surface area contributed by atoms with Gasteiger partial charge in [-0.2, -0.15) is 4.98 Å². The normalized spacial score (nSPS) is 15.6. The van der Waals surface area contributed by atoms with Crippen LogP contribution in [0.3, 0.4) is 0 Å². The number of hydrogen-bond donors (Lipinski definition) is 0. The fourth-order valence-electron chi connectivity index (χ4n) is 3.17. The number of amides is 1. The predicted octanol–water partition coefficient (Wildman–Crippen LogP) is 3.30. The molecule has 3 aromatic rings. The summed E-state index contributed by atoms with van der Waals surface area (Å²) in [5, 5.41) is 12.4. The lowest BCUT2D eigenvalue weighted by Crippen LogP contribution is -2.38. The Balaban J connectivity index is 1.40. The average Bonchev–Trinajstić information content (AvgIpc) is 3.41. The van der Waals surface area contributed by atoms with Crippen LogP contribution in [0.2, 0.25) is 0 Å². The molecule has 0 aromatic carbocycles. The van der Waals surface area contributed by atoms with E-state index in [0.717, 1.165) is 22.6 Å². The minimum absolute atomic E-state index is 0.123. The molecule has 0 saturated carbocycles. The molecule has 1 aliphatic rings. The van der Waals surface area contributed by atoms with Crippen molar-refractivity contribution in [1.82, 2.24) is 30.0 Å². The largest absolute Gasteiger partial charge is 0.338 e. The Morgan fingerprint density at radius 3 is 2.70 bits per heavy atom. The van der Waals surface area contributed by atoms with Crippen molar-refractivity contribution in [2.45, 2.75) is 45.6 Å². The van der Waals surface area contributed by atoms with Gasteiger partial charge in [0.2, 0.25) is 0 Å². The number of nitrogens with zero attached hydrogens (tertiary/aromatic N) is 6. The van der Waals surface area contributed by atoms with Gasteiger partial charge in [-0.05, 0) is 31.9 Å². The van der Waals surface area contributed by atoms with Crippen molar-refractivity contribution in [1.29, 1.82) is 0 Å². The van der Waals surface area contributed by atoms with Crippen molar-refractivity contribution in [3.8, 4) is 11.6 Å². The van der Waals surface area contributed by atoms with Crippen LogP contribution < -0.4 is 0 Å². The summed E-state index contributed by atoms with van der Waals surface area (Å²) < 4.78 is 7.14. The quantitative estimate of drug-likeness (QED) is 0.683. The van der Waals surface area contributed by atoms with Crippen molar-refractivity contribution < 1.29 is 9.32 Å². The first-order valence-electron chi connectivity index (χ1n) is 9.13. The summed E-state index contributed by atoms with van der Waals surface area (Å²) in [4.78, 5) is 20.8. The molecule has 0 bridgehead atoms. The minimum Gasteiger partial charge on any atom is -0.338 e. The molecule has 3 aromatic heterocycles. The lowest BCUT2D eigenvalue weighted by Gasteiger charge is -2.31. The van der Waals surface area contributed by atoms with E-state index >= 15 is 0 Å². The van der Waals surface area contributed by atoms with Gasteiger partial charge in [-0.3, -0.25) is 4.79 Å². The first-order valence-corrected chi connectivity index (χ1v) is 9.94. The average molecular weight is 386 g/mol. The molecule has 142 valence electrons. The van der Waals surface area contributed by atoms with E-state index in [2.05, 4.69) is 20.5 Å². The molecule has 0 unspecified atom stereocenters. The van der Waals surface area contributed by atoms with Crippen molar-refractivity contribution in [2.24, 2.45) is 0 Å². The fourth-order valence-corrected chi connectivity index (χ4v) is 4.00. The summed E-state index contributed by atoms with van der Waals surface area (Å²) in [6.45, 7) is 7.47. The van der Waals surface area contributed by atoms with Crippen LogP contribution in [0.25, 0.3) is 11.6 Å². The molecule has 4 heterocycles. The highest BCUT2D eigenvalue weighted by Gasteiger charge is 2.26. The highest BCUT2D eigenvalue weighted by molar-refractivity contribution is 7.13. The molecule has 27 heavy (non-hydrogen) atoms. The Morgan fingerprint density at radius 1 is 1.30 bits per heavy atom. The topological polar surface area (TPSA) is 89.9 Å². The molecule has 4 rings (SSSR count). The molecule has 0 N–H and O–H groups in total. The van der Waals surface area contributed by atoms with E-state index < -0.39 is 0 Å². The van der Waals surface area contributed by atoms with Crippen molar-refractivity contribution in [3.05, 3.63) is 33.9 Å². The SMILES string of the molecule is Cc1ccc(C(=O)N2CCC(n3cc(-c4nc(C(C)C)no4)nn3)CC2)s1. The van der Waals surface area contributed by atoms with E-state index in [-0.39, 0.29) is 17.9 Å². The monoisotopic (exact) mass is 386 g/mol. The molecule has 0 spiro atoms. The molecule has 1 amide bonds. The zero-order valence-electron chi connectivity index (χ0n) is 15.6. The van der Waals surface area contributed by atoms with Gasteiger partial charge in [-0.15, -0.1) is 16.4 Å². The van der Waals surface area contributed by atoms with Crippen LogP contribution in [0, 0.1) is 6.92 Å². The van der Waals surface area contributed by atoms with Crippen LogP contribution in [-0.4, -0.2) is 49.0 Å². The summed E-state index contributed by atoms with van der Waals surface area (Å²) >= 11 is 1.55. The van der Waals surface area contributed by atoms with E-state index in [1.807, 2.05) is 48.7 Å². The van der Waals surface area contributed by atoms with E-state index in [0.29, 0.717) is 30.5 Å². The Labute approximate surface area is 161 Å². The smallest absolute Gasteiger partial charge is 0.280 e. The second-order valence-corrected chi connectivity index (χ2v) is 8.42. The summed E-state index contributed by atoms with van der Waals surface area (Å²) in [7, 11) is 0. The van der Waals surface area contributed by atoms with Gasteiger partial charge in [0.1, 0.15) is 0 Å². The third-order valence-electron chi connectivity index (χ3n) is 4.76. The Hall–Kier alpha value is -2.55. The maximum absolute atomic E-state index is 12.6. The molecule has 1 aliphatic heterocycles. The Bertz CT molecular complexity index is 935. The molecular weight excluding hydrogens is 364 g/mol. The highest BCUT2D eigenvalue weighted by Crippen LogP contribution is 2.26. The lowest BCUT2D eigenvalue weighted by molar-refractivity contribution is 0.0694. The number of thiophene rings is 1. The van der Waals surface area contributed by atoms with Gasteiger partial charge in [0.05, 0.1) is 17.1 Å². The van der Waals surface area contributed by atoms with E-state index in [9.17, 15) is 4.79 Å². The van der Waals surface area contributed by atoms with Crippen LogP contribution in [0.15, 0.2) is 22.9 Å². The molecule has 0 aliphatic carbocycles. The summed E-state index contributed by atoms with van der Waals surface area (Å²) in [5.74, 6) is 1.38. The van der Waals surface area contributed by atoms with Crippen LogP contribution in [0.5, 0.6) is 0 Å². The number of carbonyl (C=O) groups excluding carboxylic acids is 1. The fraction of sp³-hybridized carbons (Fsp3) is 0.500. The van der Waals surface area contributed by atoms with Crippen molar-refractivity contribution in [2.75, 3.05) is 13.1 Å². The number of aromatic nitrogens is 5. The molecule has 1 saturated heterocycles. The first-order chi connectivity index (χ1) is 13.0. The van der Waals surface area contributed by atoms with E-state index in [4.69, 9.17) is 4.52 Å². The summed E-state index contributed by atoms with van der Waals surface area (Å²) in [5.41, 5.74) is 0.585. The Kier molecular flexibility index (Phi) is 4.77. The maximum atomic E-state index is 12.6. The zero-order valence-corrected chi connectivity index (χ0v) is 16.4. The minimum atomic E-state index is 0.123. The second kappa shape index (κ2) is 7.22. The van der Waals surface area contributed by atoms with Gasteiger partial charge >= 0.3 is 0 Å². The van der Waals surface area contributed by atoms with Gasteiger partial charge in [0.15, 0.2) is 11.5 Å². The van der Waals surface area contributed by atoms with Crippen LogP contribution in [0.4, 0.5) is 0 Å². The van der Waals surface area contributed by atoms with Gasteiger partial charge in [0.25, 0.3) is 11.8 Å². The van der Waals surface area contributed by atoms with Crippen LogP contribution >= 0.6 is 11.3 Å². The third kappa shape index (κ3) is 3.64. The standard InChI is InChI=1S/C18H22N6O2S/c1-11(2)16-19-17(26-21-16)14-10-24(22-20-14)13-6-8-23(9-7-13)18(25)15-5-4-12(3)27-15/h4-5,10-11,13H,6-9H2,1-3H3. The van der Waals surface area contributed by atoms with Crippen LogP contribution in [-0.2, 0) is 0 Å². The maximum Gasteiger partial charge on any atom is 0.280 e. The predicted molar refractivity (Wildman–Crippen MR) is 101 cm³/mol. The van der Waals surface area contributed by atoms with Crippen molar-refractivity contribution in [3.63, 3.8) is 0 Å². The summed E-state index contributed by atoms with van der Waals surface area (Å²) in [6.07, 6.45) is 3.54. The van der Waals surface area contributed by atoms with Gasteiger partial charge in [-0.1, -0.05) is 24.2 Å². The van der Waals surface area contributed by atoms with E-state index in [1.54, 1.807) is 11.3 Å². The summed E-state index contributed by atoms with van der Waals surface area (Å²) in [6, 6.07) is 4.12. The molecule has 8 nitrogen and oxygen atoms in total. The van der Waals surface area contributed by atoms with Gasteiger partial charge in [0, 0.05) is 23.9 Å². The number of hydrogen-bond acceptors (Lipinski definition) is 7. The van der Waals surface area contributed by atoms with Gasteiger partial charge < -0.3 is 9.42 Å². The molecular formula is C18H22N6O2S. The number of aryl methyl sites for hydroxylation is 1. The highest BCUT2D eigenvalue weighted by atomic mass is 32.1. The first kappa shape index (κ1) is 17.8. The third-order valence-corrected chi connectivity index (χ3v) is 5.75. The van der Waals surface area contributed by atoms with Crippen molar-refractivity contribution >= 4 is 17.2 Å². The number of piperidine rings is 1. The number of carbonyl (C=O) groups is 1. The molecule has 0 radical (unpaired) electrons. The number of rotatable bonds is 4. The lowest BCUT2D eigenvalue weighted by atomic mass is 10.1. The zero-order chi connectivity index (χ0) is 19.0. The van der Waals surface area contributed by atoms with Gasteiger partial charge in [-0.25, -0.2) is 4.68 Å². The molecule has 0 atom stereocenters. The second-order valence-electron chi connectivity index (χ2n) is 7.13. The van der Waals surface area contributed by atoms with Crippen LogP contribution in [0.1, 0.15) is 59.0 Å². The number of likely N-dealkylation sites (tertiary alicyclic amines) is 1. The molecule has 1 fully saturated rings. The van der Waals surface area contributed by atoms with E-state index in [1.165, 1.54) is 0 Å². The molecule has 9 heteroatoms.